The SMILES string of the molecule is COc1cc(C(=O)N(CCc2ccc(F)cc2)C2CCCC2)cc(Cl)c1OCC(N)=O. The number of methoxy groups -OCH3 is 1. The highest BCUT2D eigenvalue weighted by Gasteiger charge is 2.28. The molecule has 0 saturated heterocycles. The summed E-state index contributed by atoms with van der Waals surface area (Å²) in [7, 11) is 1.43. The number of ether oxygens (including phenoxy) is 2. The van der Waals surface area contributed by atoms with Gasteiger partial charge in [-0.3, -0.25) is 9.59 Å². The molecule has 166 valence electrons. The molecule has 0 bridgehead atoms. The summed E-state index contributed by atoms with van der Waals surface area (Å²) in [6.07, 6.45) is 4.66. The lowest BCUT2D eigenvalue weighted by atomic mass is 10.1. The predicted molar refractivity (Wildman–Crippen MR) is 116 cm³/mol. The second-order valence-electron chi connectivity index (χ2n) is 7.56. The molecule has 0 radical (unpaired) electrons. The zero-order valence-electron chi connectivity index (χ0n) is 17.4. The van der Waals surface area contributed by atoms with E-state index >= 15 is 0 Å². The number of hydrogen-bond donors (Lipinski definition) is 1. The van der Waals surface area contributed by atoms with Gasteiger partial charge < -0.3 is 20.1 Å². The third kappa shape index (κ3) is 5.88. The van der Waals surface area contributed by atoms with Gasteiger partial charge in [-0.25, -0.2) is 4.39 Å². The minimum Gasteiger partial charge on any atom is -0.493 e. The summed E-state index contributed by atoms with van der Waals surface area (Å²) >= 11 is 6.33. The van der Waals surface area contributed by atoms with Crippen LogP contribution in [-0.2, 0) is 11.2 Å². The molecule has 2 aromatic rings. The van der Waals surface area contributed by atoms with Crippen molar-refractivity contribution in [2.75, 3.05) is 20.3 Å². The van der Waals surface area contributed by atoms with Crippen molar-refractivity contribution >= 4 is 23.4 Å². The maximum absolute atomic E-state index is 13.4. The van der Waals surface area contributed by atoms with E-state index in [0.717, 1.165) is 31.2 Å². The molecule has 0 aliphatic heterocycles. The molecule has 31 heavy (non-hydrogen) atoms. The molecule has 8 heteroatoms. The fraction of sp³-hybridized carbons (Fsp3) is 0.391. The molecule has 2 aromatic carbocycles. The van der Waals surface area contributed by atoms with E-state index in [0.29, 0.717) is 18.5 Å². The minimum absolute atomic E-state index is 0.142. The van der Waals surface area contributed by atoms with Crippen molar-refractivity contribution in [1.29, 1.82) is 0 Å². The van der Waals surface area contributed by atoms with E-state index in [1.54, 1.807) is 18.2 Å². The molecule has 0 unspecified atom stereocenters. The van der Waals surface area contributed by atoms with Crippen LogP contribution in [0.2, 0.25) is 5.02 Å². The Morgan fingerprint density at radius 1 is 1.19 bits per heavy atom. The Bertz CT molecular complexity index is 930. The summed E-state index contributed by atoms with van der Waals surface area (Å²) in [5.74, 6) is -0.671. The van der Waals surface area contributed by atoms with E-state index in [4.69, 9.17) is 26.8 Å². The maximum atomic E-state index is 13.4. The molecule has 1 aliphatic carbocycles. The lowest BCUT2D eigenvalue weighted by Crippen LogP contribution is -2.40. The number of nitrogens with zero attached hydrogens (tertiary/aromatic N) is 1. The van der Waals surface area contributed by atoms with Crippen LogP contribution in [0, 0.1) is 5.82 Å². The van der Waals surface area contributed by atoms with Gasteiger partial charge in [-0.15, -0.1) is 0 Å². The Morgan fingerprint density at radius 2 is 1.87 bits per heavy atom. The number of primary amides is 1. The van der Waals surface area contributed by atoms with Gasteiger partial charge in [0.05, 0.1) is 12.1 Å². The first kappa shape index (κ1) is 22.9. The average Bonchev–Trinajstić information content (AvgIpc) is 3.28. The first-order chi connectivity index (χ1) is 14.9. The zero-order chi connectivity index (χ0) is 22.4. The van der Waals surface area contributed by atoms with E-state index in [1.165, 1.54) is 25.3 Å². The van der Waals surface area contributed by atoms with Gasteiger partial charge in [-0.2, -0.15) is 0 Å². The van der Waals surface area contributed by atoms with Crippen LogP contribution in [0.5, 0.6) is 11.5 Å². The van der Waals surface area contributed by atoms with Crippen molar-refractivity contribution in [1.82, 2.24) is 4.90 Å². The number of nitrogens with two attached hydrogens (primary N) is 1. The number of carbonyl (C=O) groups is 2. The number of rotatable bonds is 9. The Labute approximate surface area is 186 Å². The fourth-order valence-corrected chi connectivity index (χ4v) is 4.12. The van der Waals surface area contributed by atoms with Gasteiger partial charge in [-0.1, -0.05) is 36.6 Å². The molecule has 0 atom stereocenters. The van der Waals surface area contributed by atoms with Gasteiger partial charge >= 0.3 is 0 Å². The highest BCUT2D eigenvalue weighted by molar-refractivity contribution is 6.32. The van der Waals surface area contributed by atoms with Crippen LogP contribution >= 0.6 is 11.6 Å². The molecular formula is C23H26ClFN2O4. The summed E-state index contributed by atoms with van der Waals surface area (Å²) in [6, 6.07) is 9.53. The number of hydrogen-bond acceptors (Lipinski definition) is 4. The summed E-state index contributed by atoms with van der Waals surface area (Å²) in [6.45, 7) is 0.157. The van der Waals surface area contributed by atoms with Crippen LogP contribution < -0.4 is 15.2 Å². The Balaban J connectivity index is 1.83. The molecule has 0 heterocycles. The van der Waals surface area contributed by atoms with Gasteiger partial charge in [0.25, 0.3) is 11.8 Å². The maximum Gasteiger partial charge on any atom is 0.255 e. The zero-order valence-corrected chi connectivity index (χ0v) is 18.2. The van der Waals surface area contributed by atoms with E-state index in [2.05, 4.69) is 0 Å². The molecule has 0 aromatic heterocycles. The monoisotopic (exact) mass is 448 g/mol. The number of amides is 2. The van der Waals surface area contributed by atoms with Crippen LogP contribution in [0.15, 0.2) is 36.4 Å². The minimum atomic E-state index is -0.647. The Kier molecular flexibility index (Phi) is 7.74. The summed E-state index contributed by atoms with van der Waals surface area (Å²) in [5.41, 5.74) is 6.47. The molecule has 6 nitrogen and oxygen atoms in total. The molecule has 1 saturated carbocycles. The van der Waals surface area contributed by atoms with Crippen molar-refractivity contribution in [3.63, 3.8) is 0 Å². The predicted octanol–water partition coefficient (Wildman–Crippen LogP) is 3.98. The van der Waals surface area contributed by atoms with Gasteiger partial charge in [0.2, 0.25) is 0 Å². The van der Waals surface area contributed by atoms with Crippen molar-refractivity contribution in [2.45, 2.75) is 38.1 Å². The molecular weight excluding hydrogens is 423 g/mol. The van der Waals surface area contributed by atoms with E-state index in [1.807, 2.05) is 4.90 Å². The standard InChI is InChI=1S/C23H26ClFN2O4/c1-30-20-13-16(12-19(24)22(20)31-14-21(26)28)23(29)27(18-4-2-3-5-18)11-10-15-6-8-17(25)9-7-15/h6-9,12-13,18H,2-5,10-11,14H2,1H3,(H2,26,28). The number of benzene rings is 2. The quantitative estimate of drug-likeness (QED) is 0.629. The van der Waals surface area contributed by atoms with Crippen molar-refractivity contribution in [2.24, 2.45) is 5.73 Å². The fourth-order valence-electron chi connectivity index (χ4n) is 3.86. The second kappa shape index (κ2) is 10.5. The normalized spacial score (nSPS) is 13.8. The Hall–Kier alpha value is -2.80. The van der Waals surface area contributed by atoms with Gasteiger partial charge in [0, 0.05) is 18.2 Å². The lowest BCUT2D eigenvalue weighted by Gasteiger charge is -2.29. The number of halogens is 2. The lowest BCUT2D eigenvalue weighted by molar-refractivity contribution is -0.119. The summed E-state index contributed by atoms with van der Waals surface area (Å²) in [5, 5.41) is 0.161. The topological polar surface area (TPSA) is 81.9 Å². The van der Waals surface area contributed by atoms with Crippen LogP contribution in [0.25, 0.3) is 0 Å². The van der Waals surface area contributed by atoms with E-state index in [9.17, 15) is 14.0 Å². The van der Waals surface area contributed by atoms with Crippen LogP contribution in [-0.4, -0.2) is 43.0 Å². The van der Waals surface area contributed by atoms with E-state index in [-0.39, 0.29) is 40.9 Å². The van der Waals surface area contributed by atoms with E-state index < -0.39 is 5.91 Å². The van der Waals surface area contributed by atoms with Crippen LogP contribution in [0.1, 0.15) is 41.6 Å². The molecule has 2 amide bonds. The van der Waals surface area contributed by atoms with Gasteiger partial charge in [0.1, 0.15) is 5.82 Å². The highest BCUT2D eigenvalue weighted by atomic mass is 35.5. The van der Waals surface area contributed by atoms with Crippen LogP contribution in [0.3, 0.4) is 0 Å². The first-order valence-corrected chi connectivity index (χ1v) is 10.6. The summed E-state index contributed by atoms with van der Waals surface area (Å²) in [4.78, 5) is 26.3. The molecule has 3 rings (SSSR count). The smallest absolute Gasteiger partial charge is 0.255 e. The van der Waals surface area contributed by atoms with Crippen LogP contribution in [0.4, 0.5) is 4.39 Å². The van der Waals surface area contributed by atoms with Crippen molar-refractivity contribution in [3.8, 4) is 11.5 Å². The Morgan fingerprint density at radius 3 is 2.48 bits per heavy atom. The van der Waals surface area contributed by atoms with Gasteiger partial charge in [-0.05, 0) is 49.1 Å². The third-order valence-corrected chi connectivity index (χ3v) is 5.70. The molecule has 1 aliphatic rings. The third-order valence-electron chi connectivity index (χ3n) is 5.42. The van der Waals surface area contributed by atoms with Crippen molar-refractivity contribution in [3.05, 3.63) is 58.4 Å². The van der Waals surface area contributed by atoms with Gasteiger partial charge in [0.15, 0.2) is 18.1 Å². The second-order valence-corrected chi connectivity index (χ2v) is 7.96. The number of carbonyl (C=O) groups excluding carboxylic acids is 2. The first-order valence-electron chi connectivity index (χ1n) is 10.2. The molecule has 1 fully saturated rings. The summed E-state index contributed by atoms with van der Waals surface area (Å²) < 4.78 is 23.9. The largest absolute Gasteiger partial charge is 0.493 e. The average molecular weight is 449 g/mol. The molecule has 0 spiro atoms. The highest BCUT2D eigenvalue weighted by Crippen LogP contribution is 2.37. The molecule has 2 N–H and O–H groups in total. The van der Waals surface area contributed by atoms with Crippen molar-refractivity contribution < 1.29 is 23.5 Å².